The molecule has 0 aliphatic carbocycles. The van der Waals surface area contributed by atoms with Gasteiger partial charge in [0.15, 0.2) is 0 Å². The summed E-state index contributed by atoms with van der Waals surface area (Å²) in [6.07, 6.45) is 0. The average Bonchev–Trinajstić information content (AvgIpc) is 2.66. The van der Waals surface area contributed by atoms with E-state index in [0.717, 1.165) is 22.0 Å². The zero-order valence-corrected chi connectivity index (χ0v) is 18.5. The number of rotatable bonds is 6. The highest BCUT2D eigenvalue weighted by Crippen LogP contribution is 2.19. The lowest BCUT2D eigenvalue weighted by Gasteiger charge is -2.25. The first-order valence-corrected chi connectivity index (χ1v) is 10.2. The molecule has 30 heavy (non-hydrogen) atoms. The predicted molar refractivity (Wildman–Crippen MR) is 123 cm³/mol. The number of hydrogen-bond donors (Lipinski definition) is 2. The number of H-pyrrole nitrogens is 1. The van der Waals surface area contributed by atoms with E-state index in [1.54, 1.807) is 29.2 Å². The Morgan fingerprint density at radius 1 is 1.07 bits per heavy atom. The largest absolute Gasteiger partial charge is 0.322 e. The van der Waals surface area contributed by atoms with Crippen LogP contribution in [-0.2, 0) is 6.54 Å². The second-order valence-corrected chi connectivity index (χ2v) is 8.25. The molecule has 0 aliphatic rings. The number of hydrogen-bond acceptors (Lipinski definition) is 3. The molecule has 2 N–H and O–H groups in total. The predicted octanol–water partition coefficient (Wildman–Crippen LogP) is 4.39. The van der Waals surface area contributed by atoms with Crippen LogP contribution < -0.4 is 10.9 Å². The smallest absolute Gasteiger partial charge is 0.322 e. The third-order valence-electron chi connectivity index (χ3n) is 5.08. The lowest BCUT2D eigenvalue weighted by atomic mass is 10.0. The lowest BCUT2D eigenvalue weighted by Crippen LogP contribution is -2.40. The van der Waals surface area contributed by atoms with E-state index in [4.69, 9.17) is 11.6 Å². The summed E-state index contributed by atoms with van der Waals surface area (Å²) in [6, 6.07) is 12.6. The van der Waals surface area contributed by atoms with E-state index in [0.29, 0.717) is 29.4 Å². The van der Waals surface area contributed by atoms with E-state index < -0.39 is 0 Å². The molecule has 0 spiro atoms. The fourth-order valence-corrected chi connectivity index (χ4v) is 3.38. The van der Waals surface area contributed by atoms with Crippen LogP contribution in [0.5, 0.6) is 0 Å². The number of carbonyl (C=O) groups is 1. The summed E-state index contributed by atoms with van der Waals surface area (Å²) in [7, 11) is 3.89. The number of fused-ring (bicyclic) bond motifs is 1. The van der Waals surface area contributed by atoms with E-state index in [2.05, 4.69) is 16.4 Å². The Labute approximate surface area is 181 Å². The van der Waals surface area contributed by atoms with Gasteiger partial charge in [-0.2, -0.15) is 0 Å². The van der Waals surface area contributed by atoms with Gasteiger partial charge in [0.25, 0.3) is 5.56 Å². The number of halogens is 1. The van der Waals surface area contributed by atoms with Gasteiger partial charge in [-0.25, -0.2) is 4.79 Å². The van der Waals surface area contributed by atoms with Crippen LogP contribution in [0, 0.1) is 13.8 Å². The van der Waals surface area contributed by atoms with Crippen molar-refractivity contribution in [2.24, 2.45) is 0 Å². The first kappa shape index (κ1) is 21.9. The highest BCUT2D eigenvalue weighted by Gasteiger charge is 2.17. The fraction of sp³-hybridized carbons (Fsp3) is 0.304. The van der Waals surface area contributed by atoms with Crippen molar-refractivity contribution < 1.29 is 4.79 Å². The topological polar surface area (TPSA) is 68.4 Å². The Morgan fingerprint density at radius 2 is 1.80 bits per heavy atom. The third-order valence-corrected chi connectivity index (χ3v) is 5.31. The number of benzene rings is 2. The number of anilines is 1. The normalized spacial score (nSPS) is 11.1. The molecule has 2 amide bonds. The zero-order chi connectivity index (χ0) is 21.8. The van der Waals surface area contributed by atoms with Crippen LogP contribution in [0.15, 0.2) is 47.3 Å². The molecule has 0 radical (unpaired) electrons. The second kappa shape index (κ2) is 9.32. The van der Waals surface area contributed by atoms with Gasteiger partial charge in [-0.15, -0.1) is 0 Å². The van der Waals surface area contributed by atoms with E-state index in [9.17, 15) is 9.59 Å². The van der Waals surface area contributed by atoms with Gasteiger partial charge in [-0.05, 0) is 80.9 Å². The van der Waals surface area contributed by atoms with Crippen molar-refractivity contribution in [3.8, 4) is 0 Å². The number of likely N-dealkylation sites (N-methyl/N-ethyl adjacent to an activating group) is 1. The summed E-state index contributed by atoms with van der Waals surface area (Å²) in [5.74, 6) is 0. The molecule has 0 saturated carbocycles. The van der Waals surface area contributed by atoms with Crippen LogP contribution >= 0.6 is 11.6 Å². The van der Waals surface area contributed by atoms with Crippen LogP contribution in [0.25, 0.3) is 10.9 Å². The number of carbonyl (C=O) groups excluding carboxylic acids is 1. The van der Waals surface area contributed by atoms with Crippen molar-refractivity contribution >= 4 is 34.2 Å². The average molecular weight is 427 g/mol. The summed E-state index contributed by atoms with van der Waals surface area (Å²) in [6.45, 7) is 5.42. The Morgan fingerprint density at radius 3 is 2.50 bits per heavy atom. The van der Waals surface area contributed by atoms with Crippen LogP contribution in [0.4, 0.5) is 10.5 Å². The molecule has 0 atom stereocenters. The molecule has 7 heteroatoms. The molecule has 0 bridgehead atoms. The van der Waals surface area contributed by atoms with Gasteiger partial charge in [0.05, 0.1) is 6.54 Å². The molecule has 3 rings (SSSR count). The summed E-state index contributed by atoms with van der Waals surface area (Å²) >= 11 is 6.02. The minimum absolute atomic E-state index is 0.184. The molecule has 2 aromatic carbocycles. The monoisotopic (exact) mass is 426 g/mol. The lowest BCUT2D eigenvalue weighted by molar-refractivity contribution is 0.202. The second-order valence-electron chi connectivity index (χ2n) is 7.81. The standard InChI is InChI=1S/C23H27ClN4O2/c1-15-10-17-12-18(22(29)26-21(17)11-16(15)2)14-28(9-8-27(3)4)23(30)25-20-7-5-6-19(24)13-20/h5-7,10-13H,8-9,14H2,1-4H3,(H,25,30)(H,26,29). The Balaban J connectivity index is 1.88. The van der Waals surface area contributed by atoms with Gasteiger partial charge >= 0.3 is 6.03 Å². The van der Waals surface area contributed by atoms with Crippen LogP contribution in [-0.4, -0.2) is 48.0 Å². The number of aromatic nitrogens is 1. The van der Waals surface area contributed by atoms with Crippen molar-refractivity contribution in [3.63, 3.8) is 0 Å². The summed E-state index contributed by atoms with van der Waals surface area (Å²) in [5.41, 5.74) is 4.06. The first-order valence-electron chi connectivity index (χ1n) is 9.82. The van der Waals surface area contributed by atoms with E-state index in [-0.39, 0.29) is 18.1 Å². The number of aryl methyl sites for hydroxylation is 2. The van der Waals surface area contributed by atoms with Gasteiger partial charge in [-0.3, -0.25) is 4.79 Å². The molecule has 158 valence electrons. The van der Waals surface area contributed by atoms with Crippen molar-refractivity contribution in [1.29, 1.82) is 0 Å². The minimum atomic E-state index is -0.279. The maximum atomic E-state index is 13.0. The highest BCUT2D eigenvalue weighted by molar-refractivity contribution is 6.30. The van der Waals surface area contributed by atoms with Gasteiger partial charge in [0, 0.05) is 34.9 Å². The molecule has 6 nitrogen and oxygen atoms in total. The van der Waals surface area contributed by atoms with Crippen LogP contribution in [0.1, 0.15) is 16.7 Å². The molecule has 0 fully saturated rings. The minimum Gasteiger partial charge on any atom is -0.322 e. The number of amides is 2. The van der Waals surface area contributed by atoms with Crippen molar-refractivity contribution in [2.75, 3.05) is 32.5 Å². The van der Waals surface area contributed by atoms with Gasteiger partial charge in [0.1, 0.15) is 0 Å². The maximum absolute atomic E-state index is 13.0. The molecule has 1 aromatic heterocycles. The number of pyridine rings is 1. The molecular weight excluding hydrogens is 400 g/mol. The summed E-state index contributed by atoms with van der Waals surface area (Å²) in [4.78, 5) is 32.2. The number of aromatic amines is 1. The number of nitrogens with zero attached hydrogens (tertiary/aromatic N) is 2. The first-order chi connectivity index (χ1) is 14.2. The maximum Gasteiger partial charge on any atom is 0.322 e. The van der Waals surface area contributed by atoms with Crippen molar-refractivity contribution in [2.45, 2.75) is 20.4 Å². The molecule has 1 heterocycles. The van der Waals surface area contributed by atoms with Gasteiger partial charge in [-0.1, -0.05) is 17.7 Å². The SMILES string of the molecule is Cc1cc2cc(CN(CCN(C)C)C(=O)Nc3cccc(Cl)c3)c(=O)[nH]c2cc1C. The van der Waals surface area contributed by atoms with E-state index in [1.807, 2.05) is 45.0 Å². The molecule has 0 unspecified atom stereocenters. The highest BCUT2D eigenvalue weighted by atomic mass is 35.5. The van der Waals surface area contributed by atoms with Crippen LogP contribution in [0.2, 0.25) is 5.02 Å². The van der Waals surface area contributed by atoms with Crippen molar-refractivity contribution in [3.05, 3.63) is 74.5 Å². The zero-order valence-electron chi connectivity index (χ0n) is 17.8. The van der Waals surface area contributed by atoms with E-state index in [1.165, 1.54) is 0 Å². The van der Waals surface area contributed by atoms with Crippen LogP contribution in [0.3, 0.4) is 0 Å². The molecule has 0 aliphatic heterocycles. The molecular formula is C23H27ClN4O2. The van der Waals surface area contributed by atoms with E-state index >= 15 is 0 Å². The quantitative estimate of drug-likeness (QED) is 0.614. The summed E-state index contributed by atoms with van der Waals surface area (Å²) in [5, 5.41) is 4.37. The third kappa shape index (κ3) is 5.40. The van der Waals surface area contributed by atoms with Crippen molar-refractivity contribution in [1.82, 2.24) is 14.8 Å². The number of nitrogens with one attached hydrogen (secondary N) is 2. The summed E-state index contributed by atoms with van der Waals surface area (Å²) < 4.78 is 0. The molecule has 0 saturated heterocycles. The Hall–Kier alpha value is -2.83. The Kier molecular flexibility index (Phi) is 6.80. The molecule has 3 aromatic rings. The number of urea groups is 1. The van der Waals surface area contributed by atoms with Gasteiger partial charge in [0.2, 0.25) is 0 Å². The van der Waals surface area contributed by atoms with Gasteiger partial charge < -0.3 is 20.1 Å². The fourth-order valence-electron chi connectivity index (χ4n) is 3.19. The Bertz CT molecular complexity index is 1120.